The highest BCUT2D eigenvalue weighted by molar-refractivity contribution is 6.81. The van der Waals surface area contributed by atoms with Gasteiger partial charge in [0.1, 0.15) is 5.75 Å². The van der Waals surface area contributed by atoms with Gasteiger partial charge in [0, 0.05) is 23.8 Å². The molecule has 0 N–H and O–H groups in total. The van der Waals surface area contributed by atoms with Gasteiger partial charge in [-0.3, -0.25) is 0 Å². The summed E-state index contributed by atoms with van der Waals surface area (Å²) in [6, 6.07) is 22.2. The second-order valence-electron chi connectivity index (χ2n) is 11.4. The van der Waals surface area contributed by atoms with Gasteiger partial charge in [-0.15, -0.1) is 0 Å². The van der Waals surface area contributed by atoms with Gasteiger partial charge in [0.2, 0.25) is 0 Å². The molecule has 3 aromatic rings. The molecule has 3 aromatic carbocycles. The van der Waals surface area contributed by atoms with Crippen LogP contribution in [0.2, 0.25) is 0 Å². The molecule has 0 fully saturated rings. The molecule has 1 aliphatic heterocycles. The number of hydrogen-bond acceptors (Lipinski definition) is 3. The van der Waals surface area contributed by atoms with E-state index in [1.165, 1.54) is 39.1 Å². The summed E-state index contributed by atoms with van der Waals surface area (Å²) in [5.74, 6) is 2.55. The van der Waals surface area contributed by atoms with Crippen molar-refractivity contribution in [3.05, 3.63) is 95.3 Å². The molecule has 0 aromatic heterocycles. The lowest BCUT2D eigenvalue weighted by atomic mass is 9.63. The van der Waals surface area contributed by atoms with E-state index in [1.807, 2.05) is 0 Å². The van der Waals surface area contributed by atoms with E-state index < -0.39 is 0 Å². The van der Waals surface area contributed by atoms with Crippen molar-refractivity contribution < 1.29 is 4.74 Å². The third kappa shape index (κ3) is 5.16. The minimum Gasteiger partial charge on any atom is -0.497 e. The van der Waals surface area contributed by atoms with Crippen LogP contribution in [0.25, 0.3) is 0 Å². The Morgan fingerprint density at radius 3 is 1.19 bits per heavy atom. The molecule has 0 bridgehead atoms. The normalized spacial score (nSPS) is 13.7. The minimum absolute atomic E-state index is 0.000654. The Kier molecular flexibility index (Phi) is 8.06. The fourth-order valence-electron chi connectivity index (χ4n) is 5.55. The molecule has 1 heterocycles. The van der Waals surface area contributed by atoms with E-state index in [0.29, 0.717) is 23.7 Å². The van der Waals surface area contributed by atoms with Gasteiger partial charge in [0.15, 0.2) is 0 Å². The van der Waals surface area contributed by atoms with Crippen molar-refractivity contribution in [1.29, 1.82) is 0 Å². The number of nitrogens with zero attached hydrogens (tertiary/aromatic N) is 2. The van der Waals surface area contributed by atoms with E-state index in [4.69, 9.17) is 4.74 Å². The standard InChI is InChI=1S/C33H43BN2O/c1-22(2)28-12-10-13-29(23(3)4)32(28)35-20-21-36(34(35)26-16-18-27(37-9)19-17-26)33-30(24(5)6)14-11-15-31(33)25(7)8/h10-25H,1-9H3. The lowest BCUT2D eigenvalue weighted by Crippen LogP contribution is -2.54. The molecular formula is C33H43BN2O. The van der Waals surface area contributed by atoms with Gasteiger partial charge in [0.05, 0.1) is 7.11 Å². The first-order valence-electron chi connectivity index (χ1n) is 13.8. The largest absolute Gasteiger partial charge is 0.497 e. The zero-order valence-corrected chi connectivity index (χ0v) is 24.1. The van der Waals surface area contributed by atoms with Crippen molar-refractivity contribution >= 4 is 23.8 Å². The van der Waals surface area contributed by atoms with Crippen LogP contribution in [0.5, 0.6) is 5.75 Å². The Morgan fingerprint density at radius 1 is 0.541 bits per heavy atom. The molecule has 0 atom stereocenters. The Morgan fingerprint density at radius 2 is 0.892 bits per heavy atom. The molecule has 4 heteroatoms. The number of benzene rings is 3. The van der Waals surface area contributed by atoms with Gasteiger partial charge in [0.25, 0.3) is 0 Å². The quantitative estimate of drug-likeness (QED) is 0.293. The average Bonchev–Trinajstić information content (AvgIpc) is 3.32. The molecule has 0 amide bonds. The fourth-order valence-corrected chi connectivity index (χ4v) is 5.55. The van der Waals surface area contributed by atoms with Crippen molar-refractivity contribution in [2.75, 3.05) is 16.7 Å². The second kappa shape index (κ2) is 11.1. The number of ether oxygens (including phenoxy) is 1. The Hall–Kier alpha value is -3.14. The van der Waals surface area contributed by atoms with Crippen molar-refractivity contribution in [3.63, 3.8) is 0 Å². The zero-order valence-electron chi connectivity index (χ0n) is 24.1. The van der Waals surface area contributed by atoms with Crippen LogP contribution in [0.15, 0.2) is 73.1 Å². The van der Waals surface area contributed by atoms with Crippen molar-refractivity contribution in [1.82, 2.24) is 0 Å². The zero-order chi connectivity index (χ0) is 26.9. The molecule has 0 spiro atoms. The van der Waals surface area contributed by atoms with Gasteiger partial charge >= 0.3 is 6.98 Å². The predicted octanol–water partition coefficient (Wildman–Crippen LogP) is 8.38. The summed E-state index contributed by atoms with van der Waals surface area (Å²) in [6.07, 6.45) is 4.59. The summed E-state index contributed by atoms with van der Waals surface area (Å²) in [5.41, 5.74) is 9.46. The first-order chi connectivity index (χ1) is 17.6. The molecule has 194 valence electrons. The van der Waals surface area contributed by atoms with Gasteiger partial charge < -0.3 is 14.4 Å². The van der Waals surface area contributed by atoms with Crippen molar-refractivity contribution in [2.45, 2.75) is 79.1 Å². The van der Waals surface area contributed by atoms with E-state index in [1.54, 1.807) is 7.11 Å². The van der Waals surface area contributed by atoms with Crippen LogP contribution in [0.4, 0.5) is 11.4 Å². The number of rotatable bonds is 8. The summed E-state index contributed by atoms with van der Waals surface area (Å²) >= 11 is 0. The van der Waals surface area contributed by atoms with Gasteiger partial charge in [-0.25, -0.2) is 0 Å². The molecule has 0 aliphatic carbocycles. The Balaban J connectivity index is 1.98. The van der Waals surface area contributed by atoms with Gasteiger partial charge in [-0.1, -0.05) is 104 Å². The van der Waals surface area contributed by atoms with E-state index >= 15 is 0 Å². The summed E-state index contributed by atoms with van der Waals surface area (Å²) < 4.78 is 5.51. The highest BCUT2D eigenvalue weighted by Crippen LogP contribution is 2.42. The molecule has 0 saturated carbocycles. The third-order valence-corrected chi connectivity index (χ3v) is 7.53. The summed E-state index contributed by atoms with van der Waals surface area (Å²) in [7, 11) is 1.73. The van der Waals surface area contributed by atoms with Crippen LogP contribution >= 0.6 is 0 Å². The lowest BCUT2D eigenvalue weighted by Gasteiger charge is -2.36. The van der Waals surface area contributed by atoms with E-state index in [2.05, 4.69) is 138 Å². The monoisotopic (exact) mass is 494 g/mol. The molecule has 0 unspecified atom stereocenters. The lowest BCUT2D eigenvalue weighted by molar-refractivity contribution is 0.415. The van der Waals surface area contributed by atoms with Gasteiger partial charge in [-0.05, 0) is 63.5 Å². The Labute approximate surface area is 225 Å². The van der Waals surface area contributed by atoms with Gasteiger partial charge in [-0.2, -0.15) is 0 Å². The summed E-state index contributed by atoms with van der Waals surface area (Å²) in [4.78, 5) is 5.02. The average molecular weight is 495 g/mol. The van der Waals surface area contributed by atoms with Crippen LogP contribution < -0.4 is 19.8 Å². The summed E-state index contributed by atoms with van der Waals surface area (Å²) in [5, 5.41) is 0. The number of para-hydroxylation sites is 2. The van der Waals surface area contributed by atoms with Crippen molar-refractivity contribution in [3.8, 4) is 5.75 Å². The summed E-state index contributed by atoms with van der Waals surface area (Å²) in [6.45, 7) is 18.4. The van der Waals surface area contributed by atoms with Crippen LogP contribution in [0.3, 0.4) is 0 Å². The molecule has 37 heavy (non-hydrogen) atoms. The maximum Gasteiger partial charge on any atom is 0.419 e. The van der Waals surface area contributed by atoms with E-state index in [-0.39, 0.29) is 6.98 Å². The predicted molar refractivity (Wildman–Crippen MR) is 162 cm³/mol. The SMILES string of the molecule is COc1ccc(B2N(c3c(C(C)C)cccc3C(C)C)C=CN2c2c(C(C)C)cccc2C(C)C)cc1. The molecule has 0 saturated heterocycles. The highest BCUT2D eigenvalue weighted by atomic mass is 16.5. The van der Waals surface area contributed by atoms with Crippen molar-refractivity contribution in [2.24, 2.45) is 0 Å². The third-order valence-electron chi connectivity index (χ3n) is 7.53. The van der Waals surface area contributed by atoms with Crippen LogP contribution in [0.1, 0.15) is 101 Å². The van der Waals surface area contributed by atoms with E-state index in [0.717, 1.165) is 5.75 Å². The number of methoxy groups -OCH3 is 1. The topological polar surface area (TPSA) is 15.7 Å². The molecule has 1 aliphatic rings. The van der Waals surface area contributed by atoms with Crippen LogP contribution in [0, 0.1) is 0 Å². The highest BCUT2D eigenvalue weighted by Gasteiger charge is 2.40. The molecule has 0 radical (unpaired) electrons. The van der Waals surface area contributed by atoms with E-state index in [9.17, 15) is 0 Å². The smallest absolute Gasteiger partial charge is 0.419 e. The van der Waals surface area contributed by atoms with Crippen LogP contribution in [-0.2, 0) is 0 Å². The maximum absolute atomic E-state index is 5.51. The second-order valence-corrected chi connectivity index (χ2v) is 11.4. The minimum atomic E-state index is 0.000654. The number of anilines is 2. The maximum atomic E-state index is 5.51. The molecule has 4 rings (SSSR count). The molecule has 3 nitrogen and oxygen atoms in total. The first kappa shape index (κ1) is 26.9. The Bertz CT molecular complexity index is 1120. The van der Waals surface area contributed by atoms with Crippen LogP contribution in [-0.4, -0.2) is 14.1 Å². The first-order valence-corrected chi connectivity index (χ1v) is 13.8. The molecular weight excluding hydrogens is 451 g/mol. The number of hydrogen-bond donors (Lipinski definition) is 0. The fraction of sp³-hybridized carbons (Fsp3) is 0.394.